The van der Waals surface area contributed by atoms with Crippen LogP contribution in [-0.2, 0) is 0 Å². The molecular weight excluding hydrogens is 1880 g/mol. The fourth-order valence-corrected chi connectivity index (χ4v) is 16.7. The Morgan fingerprint density at radius 1 is 0.330 bits per heavy atom. The third-order valence-electron chi connectivity index (χ3n) is 18.0. The number of rotatable bonds is 16. The van der Waals surface area contributed by atoms with Gasteiger partial charge in [0, 0.05) is 0 Å². The predicted molar refractivity (Wildman–Crippen MR) is 458 cm³/mol. The minimum atomic E-state index is -0.811. The number of benzene rings is 14. The van der Waals surface area contributed by atoms with Crippen LogP contribution in [0.25, 0.3) is 0 Å². The molecule has 14 aromatic carbocycles. The fourth-order valence-electron chi connectivity index (χ4n) is 13.2. The van der Waals surface area contributed by atoms with E-state index in [-0.39, 0.29) is 193 Å². The third kappa shape index (κ3) is 18.3. The molecule has 16 rings (SSSR count). The fraction of sp³-hybridized carbons (Fsp3) is 0.134. The van der Waals surface area contributed by atoms with Crippen molar-refractivity contribution in [1.82, 2.24) is 0 Å². The SMILES string of the molecule is CC(C)(C)C.[2H]c1c([2H])c(N(c2ccc(C)cc2)c2cc(N(c3ccccc3)c3ccccc3)cc(N(c3ccc([AtH]C)cc3)c3c([2H])c([2H])c(C)c([2H])c3[2H])c2Cl)c([2H])c([2H])c1C.[2H]c1c([2H])c2c(c([2H])c1C)B1c3c(cc(N(c4ccccc4)c4ccccc4)cc3N(c3ccc([AtH]C)cc3)c3c([2H])c([2H])c(C)c([2H])c31)N2c1ccc(C)cc1.[I-].[K+]. The first kappa shape index (κ1) is 63.9. The van der Waals surface area contributed by atoms with Crippen LogP contribution < -0.4 is 128 Å². The molecule has 0 saturated heterocycles. The molecule has 2 aliphatic rings. The van der Waals surface area contributed by atoms with Crippen molar-refractivity contribution < 1.29 is 141 Å². The zero-order valence-corrected chi connectivity index (χ0v) is 75.8. The molecule has 2 aliphatic heterocycles. The van der Waals surface area contributed by atoms with Gasteiger partial charge in [-0.3, -0.25) is 0 Å². The molecule has 0 fully saturated rings. The van der Waals surface area contributed by atoms with Crippen LogP contribution in [0.2, 0.25) is 14.3 Å². The summed E-state index contributed by atoms with van der Waals surface area (Å²) in [5.74, 6) is 0. The molecule has 14 aromatic rings. The van der Waals surface area contributed by atoms with E-state index in [9.17, 15) is 11.0 Å². The van der Waals surface area contributed by atoms with Gasteiger partial charge in [-0.15, -0.1) is 0 Å². The number of fused-ring (bicyclic) bond motifs is 4. The van der Waals surface area contributed by atoms with Crippen molar-refractivity contribution in [3.8, 4) is 0 Å². The minimum Gasteiger partial charge on any atom is -1.00 e. The van der Waals surface area contributed by atoms with Crippen molar-refractivity contribution in [2.24, 2.45) is 5.41 Å². The topological polar surface area (TPSA) is 19.4 Å². The molecule has 0 spiro atoms. The van der Waals surface area contributed by atoms with Gasteiger partial charge in [0.2, 0.25) is 0 Å². The minimum absolute atomic E-state index is 0. The number of nitrogens with zero attached hydrogens (tertiary/aromatic N) is 6. The summed E-state index contributed by atoms with van der Waals surface area (Å²) in [5, 5.41) is 0.0982. The maximum Gasteiger partial charge on any atom is 1.00 e. The Bertz CT molecular complexity index is 6150. The third-order valence-corrected chi connectivity index (χ3v) is 24.2. The molecule has 0 amide bonds. The van der Waals surface area contributed by atoms with Gasteiger partial charge in [0.05, 0.1) is 4.11 Å². The Hall–Kier alpha value is -7.63. The number of hydrogen-bond donors (Lipinski definition) is 0. The van der Waals surface area contributed by atoms with E-state index in [0.717, 1.165) is 67.8 Å². The molecule has 0 aromatic heterocycles. The van der Waals surface area contributed by atoms with Crippen molar-refractivity contribution in [3.05, 3.63) is 366 Å². The predicted octanol–water partition coefficient (Wildman–Crippen LogP) is 18.9. The maximum absolute atomic E-state index is 9.74. The van der Waals surface area contributed by atoms with Crippen LogP contribution in [0.5, 0.6) is 0 Å². The summed E-state index contributed by atoms with van der Waals surface area (Å²) in [6.07, 6.45) is 0. The van der Waals surface area contributed by atoms with Crippen LogP contribution in [0.1, 0.15) is 80.3 Å². The molecular formula is C97H92At2BClIKN6. The zero-order chi connectivity index (χ0) is 86.6. The first-order valence-corrected chi connectivity index (χ1v) is 45.4. The normalized spacial score (nSPS) is 13.5. The molecule has 542 valence electrons. The Balaban J connectivity index is 0.000000210. The first-order valence-electron chi connectivity index (χ1n) is 42.5. The first-order chi connectivity index (χ1) is 57.8. The van der Waals surface area contributed by atoms with E-state index in [4.69, 9.17) is 19.8 Å². The number of hydrogen-bond acceptors (Lipinski definition) is 6. The quantitative estimate of drug-likeness (QED) is 0.0704. The Kier molecular flexibility index (Phi) is 21.3. The van der Waals surface area contributed by atoms with Gasteiger partial charge in [0.25, 0.3) is 0 Å². The zero-order valence-electron chi connectivity index (χ0n) is 77.4. The van der Waals surface area contributed by atoms with Crippen LogP contribution in [0.4, 0.5) is 102 Å². The van der Waals surface area contributed by atoms with Gasteiger partial charge in [-0.05, 0) is 26.2 Å². The second-order valence-corrected chi connectivity index (χ2v) is 35.2. The average molecular weight is 1990 g/mol. The van der Waals surface area contributed by atoms with Gasteiger partial charge >= 0.3 is 641 Å². The van der Waals surface area contributed by atoms with E-state index in [1.54, 1.807) is 37.5 Å². The van der Waals surface area contributed by atoms with Gasteiger partial charge < -0.3 is 24.0 Å². The van der Waals surface area contributed by atoms with E-state index < -0.39 is 53.2 Å². The molecule has 2 heterocycles. The second-order valence-electron chi connectivity index (χ2n) is 28.0. The summed E-state index contributed by atoms with van der Waals surface area (Å²) in [6.45, 7) is 18.6. The largest absolute Gasteiger partial charge is 1.00 e. The summed E-state index contributed by atoms with van der Waals surface area (Å²) >= 11 is 6.23. The van der Waals surface area contributed by atoms with Crippen molar-refractivity contribution in [3.63, 3.8) is 0 Å². The van der Waals surface area contributed by atoms with Crippen LogP contribution in [-0.4, -0.2) is 6.71 Å². The van der Waals surface area contributed by atoms with E-state index in [1.807, 2.05) is 206 Å². The summed E-state index contributed by atoms with van der Waals surface area (Å²) in [5.41, 5.74) is 16.1. The van der Waals surface area contributed by atoms with Crippen LogP contribution in [0.3, 0.4) is 0 Å². The number of anilines is 18. The van der Waals surface area contributed by atoms with Gasteiger partial charge in [0.1, 0.15) is 0 Å². The molecule has 0 N–H and O–H groups in total. The van der Waals surface area contributed by atoms with Crippen molar-refractivity contribution in [2.45, 2.75) is 78.5 Å². The van der Waals surface area contributed by atoms with Crippen LogP contribution in [0.15, 0.2) is 327 Å². The molecule has 0 bridgehead atoms. The van der Waals surface area contributed by atoms with E-state index >= 15 is 0 Å². The molecule has 12 heteroatoms. The average Bonchev–Trinajstić information content (AvgIpc) is 0.678. The van der Waals surface area contributed by atoms with Crippen molar-refractivity contribution in [1.29, 1.82) is 0 Å². The molecule has 109 heavy (non-hydrogen) atoms. The van der Waals surface area contributed by atoms with Gasteiger partial charge in [-0.25, -0.2) is 0 Å². The number of para-hydroxylation sites is 4. The van der Waals surface area contributed by atoms with E-state index in [0.29, 0.717) is 61.6 Å². The Morgan fingerprint density at radius 2 is 0.624 bits per heavy atom. The molecule has 0 unspecified atom stereocenters. The van der Waals surface area contributed by atoms with Gasteiger partial charge in [-0.2, -0.15) is 0 Å². The maximum atomic E-state index is 9.74. The van der Waals surface area contributed by atoms with E-state index in [2.05, 4.69) is 107 Å². The molecule has 0 aliphatic carbocycles. The summed E-state index contributed by atoms with van der Waals surface area (Å²) in [4.78, 5) is 11.6. The smallest absolute Gasteiger partial charge is 1.00 e. The second kappa shape index (κ2) is 36.2. The van der Waals surface area contributed by atoms with E-state index in [1.165, 1.54) is 6.54 Å². The number of aryl methyl sites for hydroxylation is 2. The van der Waals surface area contributed by atoms with Crippen LogP contribution >= 0.6 is 11.6 Å². The summed E-state index contributed by atoms with van der Waals surface area (Å²) in [6, 6.07) is 78.1. The number of halogens is 2. The van der Waals surface area contributed by atoms with Gasteiger partial charge in [0.15, 0.2) is 0 Å². The standard InChI is InChI=1S/C46H39AtBN3.C46H41AtClN3.C5H12.HI.K/c1-31-15-21-37(22-16-31)50-42-25-17-32(2)27-40(42)48-41-28-33(3)18-26-43(41)51(38-23-19-34(47-4)20-24-38)45-30-39(29-44(50)46(45)48)49(35-11-7-5-8-12-35)36-13-9-6-10-14-36;1-33-15-23-39(24-16-33)50(40-25-17-34(2)18-26-40)44-31-43(49(37-11-7-5-8-12-37)38-13-9-6-10-14-38)32-45(46(44)48)51(41-27-19-35(3)20-28-41)42-29-21-36(47-4)22-30-42;1-5(2,3)4;;/h5-30,47H,1-4H3;5-32,47H,1-4H3;1-4H3;1H;/q;;;;+1/p-1/i17D,18D,25D,26D,27D,28D;15D,16D,19D,20D,23D,24D,27D,28D;;;. The van der Waals surface area contributed by atoms with Crippen molar-refractivity contribution in [2.75, 3.05) is 29.4 Å². The Labute approximate surface area is 755 Å². The monoisotopic (exact) mass is 1990 g/mol. The molecule has 0 radical (unpaired) electrons. The van der Waals surface area contributed by atoms with Crippen LogP contribution in [0, 0.1) is 93.4 Å². The molecule has 0 atom stereocenters. The van der Waals surface area contributed by atoms with Gasteiger partial charge in [-0.1, -0.05) is 68.7 Å². The summed E-state index contributed by atoms with van der Waals surface area (Å²) in [7, 11) is 0. The molecule has 0 saturated carbocycles. The summed E-state index contributed by atoms with van der Waals surface area (Å²) < 4.78 is 137. The van der Waals surface area contributed by atoms with Crippen molar-refractivity contribution >= 4 is 144 Å². The molecule has 6 nitrogen and oxygen atoms in total. The Morgan fingerprint density at radius 3 is 0.972 bits per heavy atom.